The van der Waals surface area contributed by atoms with Crippen LogP contribution in [-0.4, -0.2) is 10.1 Å². The van der Waals surface area contributed by atoms with Gasteiger partial charge in [0.25, 0.3) is 0 Å². The van der Waals surface area contributed by atoms with Crippen LogP contribution in [0.2, 0.25) is 5.02 Å². The zero-order valence-corrected chi connectivity index (χ0v) is 8.37. The molecule has 0 amide bonds. The predicted molar refractivity (Wildman–Crippen MR) is 56.3 cm³/mol. The molecule has 15 heavy (non-hydrogen) atoms. The monoisotopic (exact) mass is 223 g/mol. The minimum Gasteiger partial charge on any atom is -0.508 e. The van der Waals surface area contributed by atoms with E-state index in [-0.39, 0.29) is 5.75 Å². The molecule has 0 radical (unpaired) electrons. The van der Waals surface area contributed by atoms with E-state index in [0.29, 0.717) is 16.3 Å². The summed E-state index contributed by atoms with van der Waals surface area (Å²) in [7, 11) is 0. The van der Waals surface area contributed by atoms with E-state index in [0.717, 1.165) is 6.07 Å². The zero-order chi connectivity index (χ0) is 10.8. The number of phenols is 1. The van der Waals surface area contributed by atoms with Crippen molar-refractivity contribution in [2.75, 3.05) is 0 Å². The summed E-state index contributed by atoms with van der Waals surface area (Å²) in [4.78, 5) is 3.99. The Hall–Kier alpha value is -1.61. The van der Waals surface area contributed by atoms with Crippen molar-refractivity contribution in [3.8, 4) is 17.0 Å². The van der Waals surface area contributed by atoms with E-state index in [2.05, 4.69) is 4.98 Å². The smallest absolute Gasteiger partial charge is 0.136 e. The number of benzene rings is 1. The van der Waals surface area contributed by atoms with Gasteiger partial charge in [-0.05, 0) is 24.3 Å². The van der Waals surface area contributed by atoms with Crippen molar-refractivity contribution in [1.82, 2.24) is 4.98 Å². The van der Waals surface area contributed by atoms with Gasteiger partial charge in [-0.25, -0.2) is 4.39 Å². The van der Waals surface area contributed by atoms with Crippen LogP contribution in [0.4, 0.5) is 4.39 Å². The number of aromatic nitrogens is 1. The van der Waals surface area contributed by atoms with E-state index in [1.807, 2.05) is 0 Å². The van der Waals surface area contributed by atoms with Gasteiger partial charge in [0.1, 0.15) is 11.6 Å². The summed E-state index contributed by atoms with van der Waals surface area (Å²) in [6.07, 6.45) is 1.45. The SMILES string of the molecule is Oc1ccc(-c2ccc(Cl)cn2)c(F)c1. The Labute approximate surface area is 91.0 Å². The van der Waals surface area contributed by atoms with Gasteiger partial charge in [-0.15, -0.1) is 0 Å². The summed E-state index contributed by atoms with van der Waals surface area (Å²) in [6, 6.07) is 7.19. The fraction of sp³-hybridized carbons (Fsp3) is 0. The molecule has 4 heteroatoms. The summed E-state index contributed by atoms with van der Waals surface area (Å²) in [5.41, 5.74) is 0.821. The van der Waals surface area contributed by atoms with E-state index in [1.54, 1.807) is 12.1 Å². The molecule has 76 valence electrons. The van der Waals surface area contributed by atoms with Crippen LogP contribution in [-0.2, 0) is 0 Å². The van der Waals surface area contributed by atoms with Crippen LogP contribution < -0.4 is 0 Å². The van der Waals surface area contributed by atoms with Crippen molar-refractivity contribution in [3.05, 3.63) is 47.4 Å². The number of phenolic OH excluding ortho intramolecular Hbond substituents is 1. The third kappa shape index (κ3) is 2.07. The number of hydrogen-bond donors (Lipinski definition) is 1. The highest BCUT2D eigenvalue weighted by Gasteiger charge is 2.06. The molecule has 2 aromatic rings. The Balaban J connectivity index is 2.49. The molecule has 0 bridgehead atoms. The summed E-state index contributed by atoms with van der Waals surface area (Å²) in [5.74, 6) is -0.616. The average molecular weight is 224 g/mol. The standard InChI is InChI=1S/C11H7ClFNO/c12-7-1-4-11(14-6-7)9-3-2-8(15)5-10(9)13/h1-6,15H. The normalized spacial score (nSPS) is 10.3. The third-order valence-corrected chi connectivity index (χ3v) is 2.18. The van der Waals surface area contributed by atoms with Crippen LogP contribution in [0.15, 0.2) is 36.5 Å². The van der Waals surface area contributed by atoms with Crippen LogP contribution in [0.3, 0.4) is 0 Å². The molecular weight excluding hydrogens is 217 g/mol. The molecule has 0 saturated heterocycles. The van der Waals surface area contributed by atoms with E-state index < -0.39 is 5.82 Å². The molecule has 0 aliphatic carbocycles. The molecule has 0 spiro atoms. The van der Waals surface area contributed by atoms with Gasteiger partial charge >= 0.3 is 0 Å². The molecule has 1 aromatic carbocycles. The minimum atomic E-state index is -0.509. The van der Waals surface area contributed by atoms with Crippen molar-refractivity contribution in [1.29, 1.82) is 0 Å². The molecule has 2 rings (SSSR count). The largest absolute Gasteiger partial charge is 0.508 e. The Bertz CT molecular complexity index is 484. The highest BCUT2D eigenvalue weighted by Crippen LogP contribution is 2.24. The molecule has 0 atom stereocenters. The second-order valence-corrected chi connectivity index (χ2v) is 3.46. The number of rotatable bonds is 1. The molecule has 0 aliphatic heterocycles. The Kier molecular flexibility index (Phi) is 2.56. The van der Waals surface area contributed by atoms with Gasteiger partial charge in [0.15, 0.2) is 0 Å². The number of pyridine rings is 1. The maximum atomic E-state index is 13.4. The maximum Gasteiger partial charge on any atom is 0.136 e. The first-order valence-electron chi connectivity index (χ1n) is 4.27. The van der Waals surface area contributed by atoms with Crippen molar-refractivity contribution >= 4 is 11.6 Å². The fourth-order valence-electron chi connectivity index (χ4n) is 1.25. The van der Waals surface area contributed by atoms with E-state index in [1.165, 1.54) is 18.3 Å². The first-order valence-corrected chi connectivity index (χ1v) is 4.65. The molecule has 0 aliphatic rings. The van der Waals surface area contributed by atoms with Crippen LogP contribution >= 0.6 is 11.6 Å². The molecule has 0 unspecified atom stereocenters. The van der Waals surface area contributed by atoms with Crippen LogP contribution in [0, 0.1) is 5.82 Å². The highest BCUT2D eigenvalue weighted by atomic mass is 35.5. The molecular formula is C11H7ClFNO. The van der Waals surface area contributed by atoms with Gasteiger partial charge in [-0.2, -0.15) is 0 Å². The minimum absolute atomic E-state index is 0.106. The lowest BCUT2D eigenvalue weighted by molar-refractivity contribution is 0.469. The number of aromatic hydroxyl groups is 1. The van der Waals surface area contributed by atoms with Crippen molar-refractivity contribution in [2.45, 2.75) is 0 Å². The number of nitrogens with zero attached hydrogens (tertiary/aromatic N) is 1. The zero-order valence-electron chi connectivity index (χ0n) is 7.61. The van der Waals surface area contributed by atoms with E-state index in [4.69, 9.17) is 16.7 Å². The quantitative estimate of drug-likeness (QED) is 0.805. The highest BCUT2D eigenvalue weighted by molar-refractivity contribution is 6.30. The molecule has 1 heterocycles. The van der Waals surface area contributed by atoms with E-state index >= 15 is 0 Å². The van der Waals surface area contributed by atoms with Gasteiger partial charge in [0, 0.05) is 17.8 Å². The lowest BCUT2D eigenvalue weighted by Gasteiger charge is -2.02. The molecule has 1 N–H and O–H groups in total. The van der Waals surface area contributed by atoms with Crippen LogP contribution in [0.1, 0.15) is 0 Å². The summed E-state index contributed by atoms with van der Waals surface area (Å²) >= 11 is 5.67. The predicted octanol–water partition coefficient (Wildman–Crippen LogP) is 3.25. The van der Waals surface area contributed by atoms with Crippen LogP contribution in [0.25, 0.3) is 11.3 Å². The lowest BCUT2D eigenvalue weighted by Crippen LogP contribution is -1.86. The van der Waals surface area contributed by atoms with Gasteiger partial charge in [0.2, 0.25) is 0 Å². The topological polar surface area (TPSA) is 33.1 Å². The van der Waals surface area contributed by atoms with Gasteiger partial charge in [0.05, 0.1) is 10.7 Å². The first-order chi connectivity index (χ1) is 7.16. The molecule has 0 saturated carbocycles. The van der Waals surface area contributed by atoms with Crippen LogP contribution in [0.5, 0.6) is 5.75 Å². The van der Waals surface area contributed by atoms with Gasteiger partial charge < -0.3 is 5.11 Å². The van der Waals surface area contributed by atoms with E-state index in [9.17, 15) is 4.39 Å². The lowest BCUT2D eigenvalue weighted by atomic mass is 10.1. The second kappa shape index (κ2) is 3.87. The Morgan fingerprint density at radius 3 is 2.60 bits per heavy atom. The molecule has 0 fully saturated rings. The number of halogens is 2. The van der Waals surface area contributed by atoms with Gasteiger partial charge in [-0.1, -0.05) is 11.6 Å². The van der Waals surface area contributed by atoms with Crippen molar-refractivity contribution in [2.24, 2.45) is 0 Å². The van der Waals surface area contributed by atoms with Crippen molar-refractivity contribution in [3.63, 3.8) is 0 Å². The Morgan fingerprint density at radius 1 is 1.20 bits per heavy atom. The fourth-order valence-corrected chi connectivity index (χ4v) is 1.36. The summed E-state index contributed by atoms with van der Waals surface area (Å²) in [5, 5.41) is 9.55. The molecule has 2 nitrogen and oxygen atoms in total. The second-order valence-electron chi connectivity index (χ2n) is 3.03. The summed E-state index contributed by atoms with van der Waals surface area (Å²) in [6.45, 7) is 0. The molecule has 1 aromatic heterocycles. The third-order valence-electron chi connectivity index (χ3n) is 1.96. The summed E-state index contributed by atoms with van der Waals surface area (Å²) < 4.78 is 13.4. The van der Waals surface area contributed by atoms with Gasteiger partial charge in [-0.3, -0.25) is 4.98 Å². The first kappa shape index (κ1) is 9.93. The Morgan fingerprint density at radius 2 is 2.00 bits per heavy atom. The van der Waals surface area contributed by atoms with Crippen molar-refractivity contribution < 1.29 is 9.50 Å². The number of hydrogen-bond acceptors (Lipinski definition) is 2. The average Bonchev–Trinajstić information content (AvgIpc) is 2.20. The maximum absolute atomic E-state index is 13.4.